The molecule has 1 aromatic rings. The molecule has 5 N–H and O–H groups in total. The second-order valence-electron chi connectivity index (χ2n) is 7.12. The van der Waals surface area contributed by atoms with Crippen LogP contribution in [-0.4, -0.2) is 115 Å². The molecule has 0 radical (unpaired) electrons. The van der Waals surface area contributed by atoms with E-state index in [1.165, 1.54) is 0 Å². The van der Waals surface area contributed by atoms with Gasteiger partial charge >= 0.3 is 71.3 Å². The number of aliphatic hydroxyl groups is 2. The molecule has 2 unspecified atom stereocenters. The molecule has 0 fully saturated rings. The molecule has 0 saturated heterocycles. The van der Waals surface area contributed by atoms with E-state index in [1.807, 2.05) is 0 Å². The van der Waals surface area contributed by atoms with Crippen LogP contribution in [0.25, 0.3) is 0 Å². The summed E-state index contributed by atoms with van der Waals surface area (Å²) in [6.07, 6.45) is -5.64. The zero-order valence-corrected chi connectivity index (χ0v) is 18.0. The fraction of sp³-hybridized carbons (Fsp3) is 0.350. The fourth-order valence-electron chi connectivity index (χ4n) is 2.49. The summed E-state index contributed by atoms with van der Waals surface area (Å²) in [6, 6.07) is 4.26. The van der Waals surface area contributed by atoms with Crippen LogP contribution in [-0.2, 0) is 43.0 Å². The number of phenols is 1. The summed E-state index contributed by atoms with van der Waals surface area (Å²) < 4.78 is 13.0. The Kier molecular flexibility index (Phi) is 12.4. The maximum atomic E-state index is 12.4. The molecule has 2 atom stereocenters. The number of carboxylic acids is 2. The number of hydrogen-bond donors (Lipinski definition) is 5. The van der Waals surface area contributed by atoms with Gasteiger partial charge in [-0.25, -0.2) is 14.4 Å². The number of carbonyl (C=O) groups excluding carboxylic acids is 5. The average molecular weight is 524 g/mol. The van der Waals surface area contributed by atoms with Gasteiger partial charge in [-0.2, -0.15) is 0 Å². The van der Waals surface area contributed by atoms with Crippen LogP contribution in [0.3, 0.4) is 0 Å². The molecular weight excluding hydrogens is 503 g/mol. The number of ether oxygens (including phenoxy) is 3. The van der Waals surface area contributed by atoms with Crippen molar-refractivity contribution in [3.63, 3.8) is 0 Å². The van der Waals surface area contributed by atoms with E-state index in [1.54, 1.807) is 0 Å². The number of phenolic OH excluding ortho intramolecular Hbond substituents is 1. The van der Waals surface area contributed by atoms with Gasteiger partial charge in [0, 0.05) is 0 Å². The van der Waals surface area contributed by atoms with Crippen molar-refractivity contribution in [3.05, 3.63) is 29.8 Å². The number of hydrogen-bond acceptors (Lipinski definition) is 13. The Balaban J connectivity index is 0.0000122. The molecule has 0 amide bonds. The molecule has 192 valence electrons. The summed E-state index contributed by atoms with van der Waals surface area (Å²) in [5, 5.41) is 47.2. The van der Waals surface area contributed by atoms with E-state index >= 15 is 0 Å². The van der Waals surface area contributed by atoms with E-state index in [2.05, 4.69) is 14.2 Å². The number of aromatic hydroxyl groups is 1. The van der Waals surface area contributed by atoms with Crippen molar-refractivity contribution < 1.29 is 73.3 Å². The molecule has 15 nitrogen and oxygen atoms in total. The summed E-state index contributed by atoms with van der Waals surface area (Å²) in [7, 11) is 0.868. The maximum absolute atomic E-state index is 12.4. The zero-order chi connectivity index (χ0) is 27.0. The van der Waals surface area contributed by atoms with Gasteiger partial charge in [0.25, 0.3) is 0 Å². The molecule has 0 saturated carbocycles. The Labute approximate surface area is 223 Å². The van der Waals surface area contributed by atoms with Crippen molar-refractivity contribution in [2.45, 2.75) is 36.9 Å². The molecule has 0 spiro atoms. The van der Waals surface area contributed by atoms with Gasteiger partial charge in [0.2, 0.25) is 0 Å². The van der Waals surface area contributed by atoms with E-state index in [9.17, 15) is 48.9 Å². The number of esters is 5. The molecule has 0 aliphatic carbocycles. The van der Waals surface area contributed by atoms with E-state index in [0.29, 0.717) is 0 Å². The first-order valence-electron chi connectivity index (χ1n) is 9.38. The summed E-state index contributed by atoms with van der Waals surface area (Å²) in [5.41, 5.74) is -6.50. The summed E-state index contributed by atoms with van der Waals surface area (Å²) >= 11 is 0. The van der Waals surface area contributed by atoms with Crippen molar-refractivity contribution >= 4 is 71.3 Å². The van der Waals surface area contributed by atoms with Gasteiger partial charge in [-0.05, 0) is 24.3 Å². The molecule has 0 aliphatic rings. The fourth-order valence-corrected chi connectivity index (χ4v) is 2.49. The number of aliphatic carboxylic acids is 2. The molecule has 16 heteroatoms. The summed E-state index contributed by atoms with van der Waals surface area (Å²) in [6.45, 7) is 0. The number of benzene rings is 1. The first kappa shape index (κ1) is 32.6. The van der Waals surface area contributed by atoms with Crippen molar-refractivity contribution in [1.29, 1.82) is 0 Å². The zero-order valence-electron chi connectivity index (χ0n) is 18.0. The topological polar surface area (TPSA) is 248 Å². The van der Waals surface area contributed by atoms with Gasteiger partial charge in [0.1, 0.15) is 5.75 Å². The van der Waals surface area contributed by atoms with Gasteiger partial charge in [-0.1, -0.05) is 0 Å². The molecule has 0 aromatic heterocycles. The summed E-state index contributed by atoms with van der Waals surface area (Å²) in [5.74, 6) is -12.0. The monoisotopic (exact) mass is 524 g/mol. The molecule has 0 aliphatic heterocycles. The predicted octanol–water partition coefficient (Wildman–Crippen LogP) is -2.14. The number of carbonyl (C=O) groups is 7. The number of rotatable bonds is 11. The van der Waals surface area contributed by atoms with Gasteiger partial charge < -0.3 is 39.7 Å². The minimum absolute atomic E-state index is 0. The molecule has 1 rings (SSSR count). The van der Waals surface area contributed by atoms with Gasteiger partial charge in [-0.3, -0.25) is 19.2 Å². The van der Waals surface area contributed by atoms with E-state index in [-0.39, 0.29) is 40.9 Å². The van der Waals surface area contributed by atoms with Crippen LogP contribution in [0.1, 0.15) is 36.0 Å². The van der Waals surface area contributed by atoms with Gasteiger partial charge in [-0.15, -0.1) is 0 Å². The van der Waals surface area contributed by atoms with Gasteiger partial charge in [0.05, 0.1) is 38.4 Å². The molecule has 0 bridgehead atoms. The van der Waals surface area contributed by atoms with E-state index < -0.39 is 78.7 Å². The van der Waals surface area contributed by atoms with Crippen molar-refractivity contribution in [2.24, 2.45) is 0 Å². The van der Waals surface area contributed by atoms with Crippen LogP contribution in [0.5, 0.6) is 5.75 Å². The molecule has 0 heterocycles. The van der Waals surface area contributed by atoms with Crippen LogP contribution in [0.2, 0.25) is 0 Å². The van der Waals surface area contributed by atoms with Crippen LogP contribution >= 0.6 is 0 Å². The Morgan fingerprint density at radius 3 is 1.67 bits per heavy atom. The second kappa shape index (κ2) is 13.6. The Hall–Kier alpha value is -3.37. The third-order valence-electron chi connectivity index (χ3n) is 4.28. The Bertz CT molecular complexity index is 1030. The predicted molar refractivity (Wildman–Crippen MR) is 112 cm³/mol. The van der Waals surface area contributed by atoms with Crippen molar-refractivity contribution in [3.8, 4) is 5.75 Å². The first-order chi connectivity index (χ1) is 16.1. The van der Waals surface area contributed by atoms with Crippen molar-refractivity contribution in [1.82, 2.24) is 0 Å². The van der Waals surface area contributed by atoms with Crippen LogP contribution in [0.15, 0.2) is 24.3 Å². The van der Waals surface area contributed by atoms with Crippen LogP contribution in [0, 0.1) is 0 Å². The van der Waals surface area contributed by atoms with Crippen LogP contribution in [0.4, 0.5) is 0 Å². The third kappa shape index (κ3) is 9.71. The third-order valence-corrected chi connectivity index (χ3v) is 4.28. The minimum atomic E-state index is -3.14. The standard InChI is InChI=1S/C20H20O15.Na.H/c1-33-13(24)7-20(32,18(30)35-16(27)10-2-4-11(21)5-3-10)9-15(26)34-14(25)8-19(31,17(28)29)6-12(22)23;;/h2-5,21,31-32H,6-9H2,1H3,(H,22,23)(H,28,29);;. The SMILES string of the molecule is COC(=O)CC(O)(CC(=O)OC(=O)CC(O)(CC(=O)O)C(=O)O)C(=O)OC(=O)c1ccc(O)cc1.[NaH]. The quantitative estimate of drug-likeness (QED) is 0.0896. The second-order valence-corrected chi connectivity index (χ2v) is 7.12. The molecule has 1 aromatic carbocycles. The Morgan fingerprint density at radius 1 is 0.750 bits per heavy atom. The van der Waals surface area contributed by atoms with Crippen LogP contribution < -0.4 is 0 Å². The molecule has 36 heavy (non-hydrogen) atoms. The normalized spacial score (nSPS) is 13.5. The Morgan fingerprint density at radius 2 is 1.22 bits per heavy atom. The number of methoxy groups -OCH3 is 1. The van der Waals surface area contributed by atoms with Gasteiger partial charge in [0.15, 0.2) is 11.2 Å². The molecular formula is C20H21NaO15. The number of carboxylic acid groups (broad SMARTS) is 2. The summed E-state index contributed by atoms with van der Waals surface area (Å²) in [4.78, 5) is 81.9. The first-order valence-corrected chi connectivity index (χ1v) is 9.38. The van der Waals surface area contributed by atoms with E-state index in [4.69, 9.17) is 10.2 Å². The van der Waals surface area contributed by atoms with E-state index in [0.717, 1.165) is 31.4 Å². The van der Waals surface area contributed by atoms with Crippen molar-refractivity contribution in [2.75, 3.05) is 7.11 Å². The average Bonchev–Trinajstić information content (AvgIpc) is 2.72.